The second-order valence-corrected chi connectivity index (χ2v) is 5.35. The van der Waals surface area contributed by atoms with Gasteiger partial charge in [-0.15, -0.1) is 0 Å². The molecule has 4 rings (SSSR count). The molecule has 2 aromatic carbocycles. The highest BCUT2D eigenvalue weighted by molar-refractivity contribution is 5.72. The average molecular weight is 300 g/mol. The number of rotatable bonds is 3. The lowest BCUT2D eigenvalue weighted by molar-refractivity contribution is 0.804. The summed E-state index contributed by atoms with van der Waals surface area (Å²) in [6.45, 7) is 0. The van der Waals surface area contributed by atoms with Crippen LogP contribution in [0.25, 0.3) is 23.0 Å². The lowest BCUT2D eigenvalue weighted by Gasteiger charge is -2.03. The monoisotopic (exact) mass is 300 g/mol. The van der Waals surface area contributed by atoms with Gasteiger partial charge in [-0.2, -0.15) is 5.10 Å². The van der Waals surface area contributed by atoms with E-state index in [1.807, 2.05) is 48.5 Å². The third kappa shape index (κ3) is 2.87. The second-order valence-electron chi connectivity index (χ2n) is 5.35. The number of hydrogen-bond acceptors (Lipinski definition) is 3. The molecule has 4 nitrogen and oxygen atoms in total. The van der Waals surface area contributed by atoms with Gasteiger partial charge in [-0.05, 0) is 23.8 Å². The van der Waals surface area contributed by atoms with E-state index < -0.39 is 0 Å². The van der Waals surface area contributed by atoms with Crippen LogP contribution in [0.2, 0.25) is 0 Å². The molecule has 23 heavy (non-hydrogen) atoms. The van der Waals surface area contributed by atoms with Gasteiger partial charge >= 0.3 is 0 Å². The first-order valence-electron chi connectivity index (χ1n) is 7.50. The summed E-state index contributed by atoms with van der Waals surface area (Å²) in [5.41, 5.74) is 12.6. The Morgan fingerprint density at radius 1 is 0.783 bits per heavy atom. The number of benzene rings is 2. The number of allylic oxidation sites excluding steroid dienone is 1. The fraction of sp³-hybridized carbons (Fsp3) is 0. The van der Waals surface area contributed by atoms with Crippen molar-refractivity contribution < 1.29 is 0 Å². The predicted octanol–water partition coefficient (Wildman–Crippen LogP) is 3.57. The van der Waals surface area contributed by atoms with E-state index in [-0.39, 0.29) is 0 Å². The zero-order valence-corrected chi connectivity index (χ0v) is 12.5. The maximum atomic E-state index is 4.37. The minimum atomic E-state index is 0.940. The van der Waals surface area contributed by atoms with Crippen LogP contribution in [0.5, 0.6) is 0 Å². The summed E-state index contributed by atoms with van der Waals surface area (Å²) in [5.74, 6) is 0. The van der Waals surface area contributed by atoms with Crippen LogP contribution < -0.4 is 10.9 Å². The highest BCUT2D eigenvalue weighted by Crippen LogP contribution is 2.20. The summed E-state index contributed by atoms with van der Waals surface area (Å²) >= 11 is 0. The number of nitrogens with zero attached hydrogens (tertiary/aromatic N) is 1. The van der Waals surface area contributed by atoms with E-state index in [2.05, 4.69) is 51.4 Å². The molecular weight excluding hydrogens is 284 g/mol. The van der Waals surface area contributed by atoms with Gasteiger partial charge in [0.1, 0.15) is 0 Å². The Labute approximate surface area is 134 Å². The van der Waals surface area contributed by atoms with E-state index in [4.69, 9.17) is 0 Å². The molecule has 0 bridgehead atoms. The van der Waals surface area contributed by atoms with Crippen LogP contribution in [0.1, 0.15) is 11.3 Å². The van der Waals surface area contributed by atoms with Gasteiger partial charge in [-0.25, -0.2) is 0 Å². The highest BCUT2D eigenvalue weighted by Gasteiger charge is 2.10. The van der Waals surface area contributed by atoms with Gasteiger partial charge in [0.05, 0.1) is 22.8 Å². The first kappa shape index (κ1) is 13.4. The Hall–Kier alpha value is -3.27. The molecule has 1 aliphatic rings. The fourth-order valence-corrected chi connectivity index (χ4v) is 2.55. The lowest BCUT2D eigenvalue weighted by atomic mass is 10.1. The Balaban J connectivity index is 1.58. The quantitative estimate of drug-likeness (QED) is 0.693. The first-order valence-corrected chi connectivity index (χ1v) is 7.50. The number of nitrogens with one attached hydrogen (secondary N) is 3. The summed E-state index contributed by atoms with van der Waals surface area (Å²) < 4.78 is 0. The van der Waals surface area contributed by atoms with Crippen molar-refractivity contribution in [1.82, 2.24) is 21.0 Å². The molecule has 0 spiro atoms. The van der Waals surface area contributed by atoms with E-state index in [0.717, 1.165) is 33.9 Å². The van der Waals surface area contributed by atoms with Crippen molar-refractivity contribution >= 4 is 11.8 Å². The molecule has 0 unspecified atom stereocenters. The van der Waals surface area contributed by atoms with Gasteiger partial charge in [0, 0.05) is 5.56 Å². The van der Waals surface area contributed by atoms with Crippen LogP contribution in [-0.4, -0.2) is 10.2 Å². The topological polar surface area (TPSA) is 52.7 Å². The maximum Gasteiger partial charge on any atom is 0.0927 e. The van der Waals surface area contributed by atoms with Gasteiger partial charge in [-0.3, -0.25) is 5.10 Å². The van der Waals surface area contributed by atoms with Crippen LogP contribution in [0.15, 0.2) is 78.5 Å². The Morgan fingerprint density at radius 2 is 1.48 bits per heavy atom. The van der Waals surface area contributed by atoms with Crippen molar-refractivity contribution in [3.05, 3.63) is 89.8 Å². The van der Waals surface area contributed by atoms with Crippen LogP contribution in [0.4, 0.5) is 0 Å². The SMILES string of the molecule is C(=C1C=C(c2ccccc2)NN1)c1cc(-c2ccccc2)n[nH]1. The van der Waals surface area contributed by atoms with Crippen LogP contribution >= 0.6 is 0 Å². The van der Waals surface area contributed by atoms with Crippen LogP contribution in [0.3, 0.4) is 0 Å². The molecule has 0 amide bonds. The molecule has 112 valence electrons. The molecule has 1 aromatic heterocycles. The summed E-state index contributed by atoms with van der Waals surface area (Å²) in [6, 6.07) is 22.4. The molecular formula is C19H16N4. The smallest absolute Gasteiger partial charge is 0.0927 e. The minimum Gasteiger partial charge on any atom is -0.301 e. The molecule has 2 heterocycles. The zero-order chi connectivity index (χ0) is 15.5. The van der Waals surface area contributed by atoms with Crippen molar-refractivity contribution in [2.45, 2.75) is 0 Å². The van der Waals surface area contributed by atoms with Gasteiger partial charge in [0.2, 0.25) is 0 Å². The summed E-state index contributed by atoms with van der Waals surface area (Å²) in [5, 5.41) is 7.43. The summed E-state index contributed by atoms with van der Waals surface area (Å²) in [6.07, 6.45) is 4.11. The molecule has 0 saturated heterocycles. The Morgan fingerprint density at radius 3 is 2.22 bits per heavy atom. The predicted molar refractivity (Wildman–Crippen MR) is 92.7 cm³/mol. The fourth-order valence-electron chi connectivity index (χ4n) is 2.55. The highest BCUT2D eigenvalue weighted by atomic mass is 15.4. The second kappa shape index (κ2) is 5.85. The standard InChI is InChI=1S/C19H16N4/c1-3-7-14(8-4-1)18-12-16(20-22-18)11-17-13-19(23-21-17)15-9-5-2-6-10-15/h1-13,20,22H,(H,21,23). The third-order valence-corrected chi connectivity index (χ3v) is 3.70. The van der Waals surface area contributed by atoms with Crippen molar-refractivity contribution in [2.75, 3.05) is 0 Å². The third-order valence-electron chi connectivity index (χ3n) is 3.70. The number of hydrogen-bond donors (Lipinski definition) is 3. The molecule has 0 fully saturated rings. The van der Waals surface area contributed by atoms with Gasteiger partial charge in [0.15, 0.2) is 0 Å². The number of aromatic nitrogens is 2. The van der Waals surface area contributed by atoms with Crippen molar-refractivity contribution in [3.8, 4) is 11.3 Å². The molecule has 0 aliphatic carbocycles. The van der Waals surface area contributed by atoms with E-state index in [1.54, 1.807) is 0 Å². The molecule has 3 aromatic rings. The summed E-state index contributed by atoms with van der Waals surface area (Å²) in [7, 11) is 0. The Bertz CT molecular complexity index is 861. The van der Waals surface area contributed by atoms with Gasteiger partial charge in [0.25, 0.3) is 0 Å². The molecule has 4 heteroatoms. The van der Waals surface area contributed by atoms with E-state index >= 15 is 0 Å². The molecule has 0 atom stereocenters. The average Bonchev–Trinajstić information content (AvgIpc) is 3.27. The molecule has 0 saturated carbocycles. The van der Waals surface area contributed by atoms with Crippen molar-refractivity contribution in [2.24, 2.45) is 0 Å². The minimum absolute atomic E-state index is 0.940. The van der Waals surface area contributed by atoms with Crippen LogP contribution in [-0.2, 0) is 0 Å². The van der Waals surface area contributed by atoms with E-state index in [1.165, 1.54) is 0 Å². The van der Waals surface area contributed by atoms with Crippen molar-refractivity contribution in [1.29, 1.82) is 0 Å². The first-order chi connectivity index (χ1) is 11.4. The normalized spacial score (nSPS) is 15.1. The number of aromatic amines is 1. The maximum absolute atomic E-state index is 4.37. The Kier molecular flexibility index (Phi) is 3.41. The molecule has 1 aliphatic heterocycles. The molecule has 3 N–H and O–H groups in total. The van der Waals surface area contributed by atoms with Crippen molar-refractivity contribution in [3.63, 3.8) is 0 Å². The van der Waals surface area contributed by atoms with E-state index in [9.17, 15) is 0 Å². The van der Waals surface area contributed by atoms with Crippen LogP contribution in [0, 0.1) is 0 Å². The molecule has 0 radical (unpaired) electrons. The lowest BCUT2D eigenvalue weighted by Crippen LogP contribution is -2.21. The van der Waals surface area contributed by atoms with E-state index in [0.29, 0.717) is 0 Å². The number of H-pyrrole nitrogens is 1. The summed E-state index contributed by atoms with van der Waals surface area (Å²) in [4.78, 5) is 0. The largest absolute Gasteiger partial charge is 0.301 e. The number of hydrazine groups is 1. The van der Waals surface area contributed by atoms with Gasteiger partial charge in [-0.1, -0.05) is 60.7 Å². The van der Waals surface area contributed by atoms with Gasteiger partial charge < -0.3 is 10.9 Å². The zero-order valence-electron chi connectivity index (χ0n) is 12.5.